The summed E-state index contributed by atoms with van der Waals surface area (Å²) >= 11 is 0. The fourth-order valence-corrected chi connectivity index (χ4v) is 3.68. The molecule has 2 unspecified atom stereocenters. The van der Waals surface area contributed by atoms with Gasteiger partial charge in [-0.25, -0.2) is 0 Å². The smallest absolute Gasteiger partial charge is 0.0158 e. The highest BCUT2D eigenvalue weighted by Crippen LogP contribution is 2.45. The first-order chi connectivity index (χ1) is 6.64. The van der Waals surface area contributed by atoms with Gasteiger partial charge in [0.25, 0.3) is 0 Å². The van der Waals surface area contributed by atoms with Crippen molar-refractivity contribution in [2.24, 2.45) is 5.41 Å². The molecule has 14 heavy (non-hydrogen) atoms. The van der Waals surface area contributed by atoms with Crippen LogP contribution in [-0.2, 0) is 0 Å². The van der Waals surface area contributed by atoms with Crippen molar-refractivity contribution in [1.82, 2.24) is 9.80 Å². The highest BCUT2D eigenvalue weighted by molar-refractivity contribution is 4.99. The Balaban J connectivity index is 2.13. The van der Waals surface area contributed by atoms with Crippen LogP contribution in [0, 0.1) is 5.41 Å². The van der Waals surface area contributed by atoms with Gasteiger partial charge in [0, 0.05) is 12.6 Å². The van der Waals surface area contributed by atoms with E-state index in [1.807, 2.05) is 0 Å². The summed E-state index contributed by atoms with van der Waals surface area (Å²) in [4.78, 5) is 4.99. The van der Waals surface area contributed by atoms with Gasteiger partial charge in [0.2, 0.25) is 0 Å². The molecule has 0 radical (unpaired) electrons. The molecule has 0 aromatic carbocycles. The van der Waals surface area contributed by atoms with Crippen molar-refractivity contribution in [1.29, 1.82) is 0 Å². The average Bonchev–Trinajstić information content (AvgIpc) is 2.48. The van der Waals surface area contributed by atoms with Crippen LogP contribution in [0.2, 0.25) is 0 Å². The van der Waals surface area contributed by atoms with Crippen molar-refractivity contribution in [2.45, 2.75) is 38.1 Å². The molecule has 0 bridgehead atoms. The van der Waals surface area contributed by atoms with E-state index in [0.29, 0.717) is 5.41 Å². The van der Waals surface area contributed by atoms with Gasteiger partial charge in [-0.15, -0.1) is 0 Å². The van der Waals surface area contributed by atoms with Crippen molar-refractivity contribution in [2.75, 3.05) is 34.2 Å². The van der Waals surface area contributed by atoms with Crippen LogP contribution in [0.15, 0.2) is 0 Å². The second kappa shape index (κ2) is 3.82. The summed E-state index contributed by atoms with van der Waals surface area (Å²) in [5, 5.41) is 0. The number of nitrogens with zero attached hydrogens (tertiary/aromatic N) is 2. The molecule has 2 aliphatic rings. The van der Waals surface area contributed by atoms with Gasteiger partial charge in [-0.1, -0.05) is 12.8 Å². The van der Waals surface area contributed by atoms with Crippen molar-refractivity contribution in [3.8, 4) is 0 Å². The first kappa shape index (κ1) is 10.4. The number of hydrogen-bond donors (Lipinski definition) is 0. The van der Waals surface area contributed by atoms with E-state index in [2.05, 4.69) is 30.9 Å². The van der Waals surface area contributed by atoms with E-state index in [4.69, 9.17) is 0 Å². The summed E-state index contributed by atoms with van der Waals surface area (Å²) < 4.78 is 0. The molecule has 1 saturated heterocycles. The molecular formula is C12H24N2. The zero-order chi connectivity index (χ0) is 10.2. The molecule has 2 atom stereocenters. The lowest BCUT2D eigenvalue weighted by molar-refractivity contribution is 0.0627. The minimum Gasteiger partial charge on any atom is -0.306 e. The molecule has 2 nitrogen and oxygen atoms in total. The van der Waals surface area contributed by atoms with E-state index < -0.39 is 0 Å². The Morgan fingerprint density at radius 2 is 2.00 bits per heavy atom. The van der Waals surface area contributed by atoms with Gasteiger partial charge in [-0.2, -0.15) is 0 Å². The van der Waals surface area contributed by atoms with E-state index in [-0.39, 0.29) is 0 Å². The van der Waals surface area contributed by atoms with Crippen LogP contribution in [0.5, 0.6) is 0 Å². The zero-order valence-corrected chi connectivity index (χ0v) is 9.92. The lowest BCUT2D eigenvalue weighted by atomic mass is 9.69. The first-order valence-electron chi connectivity index (χ1n) is 5.99. The van der Waals surface area contributed by atoms with Gasteiger partial charge in [0.15, 0.2) is 0 Å². The summed E-state index contributed by atoms with van der Waals surface area (Å²) in [6.07, 6.45) is 7.19. The van der Waals surface area contributed by atoms with Crippen LogP contribution in [0.3, 0.4) is 0 Å². The Bertz CT molecular complexity index is 198. The van der Waals surface area contributed by atoms with Crippen LogP contribution in [0.25, 0.3) is 0 Å². The Hall–Kier alpha value is -0.0800. The van der Waals surface area contributed by atoms with Crippen molar-refractivity contribution >= 4 is 0 Å². The molecule has 2 rings (SSSR count). The van der Waals surface area contributed by atoms with E-state index in [9.17, 15) is 0 Å². The van der Waals surface area contributed by atoms with Crippen molar-refractivity contribution < 1.29 is 0 Å². The number of hydrogen-bond acceptors (Lipinski definition) is 2. The quantitative estimate of drug-likeness (QED) is 0.631. The molecule has 0 N–H and O–H groups in total. The normalized spacial score (nSPS) is 39.9. The average molecular weight is 196 g/mol. The lowest BCUT2D eigenvalue weighted by Gasteiger charge is -2.45. The lowest BCUT2D eigenvalue weighted by Crippen LogP contribution is -2.48. The Morgan fingerprint density at radius 1 is 1.21 bits per heavy atom. The largest absolute Gasteiger partial charge is 0.306 e. The summed E-state index contributed by atoms with van der Waals surface area (Å²) in [5.41, 5.74) is 0.635. The molecule has 0 amide bonds. The third kappa shape index (κ3) is 1.70. The number of likely N-dealkylation sites (tertiary alicyclic amines) is 1. The monoisotopic (exact) mass is 196 g/mol. The molecule has 1 aliphatic heterocycles. The van der Waals surface area contributed by atoms with Gasteiger partial charge in [0.05, 0.1) is 0 Å². The Labute approximate surface area is 88.3 Å². The highest BCUT2D eigenvalue weighted by atomic mass is 15.2. The summed E-state index contributed by atoms with van der Waals surface area (Å²) in [6.45, 7) is 2.64. The summed E-state index contributed by atoms with van der Waals surface area (Å²) in [5.74, 6) is 0. The Kier molecular flexibility index (Phi) is 2.85. The SMILES string of the molecule is CN1CCC2(CCCCC2N(C)C)C1. The Morgan fingerprint density at radius 3 is 2.57 bits per heavy atom. The van der Waals surface area contributed by atoms with Gasteiger partial charge in [-0.3, -0.25) is 0 Å². The second-order valence-corrected chi connectivity index (χ2v) is 5.58. The van der Waals surface area contributed by atoms with E-state index in [0.717, 1.165) is 6.04 Å². The van der Waals surface area contributed by atoms with Crippen LogP contribution < -0.4 is 0 Å². The van der Waals surface area contributed by atoms with Crippen LogP contribution in [0.1, 0.15) is 32.1 Å². The standard InChI is InChI=1S/C12H24N2/c1-13(2)11-6-4-5-7-12(11)8-9-14(3)10-12/h11H,4-10H2,1-3H3. The maximum absolute atomic E-state index is 2.52. The van der Waals surface area contributed by atoms with Gasteiger partial charge >= 0.3 is 0 Å². The zero-order valence-electron chi connectivity index (χ0n) is 9.92. The third-order valence-electron chi connectivity index (χ3n) is 4.31. The third-order valence-corrected chi connectivity index (χ3v) is 4.31. The predicted molar refractivity (Wildman–Crippen MR) is 60.5 cm³/mol. The summed E-state index contributed by atoms with van der Waals surface area (Å²) in [6, 6.07) is 0.834. The van der Waals surface area contributed by atoms with Crippen LogP contribution in [-0.4, -0.2) is 50.1 Å². The molecule has 2 fully saturated rings. The maximum Gasteiger partial charge on any atom is 0.0158 e. The van der Waals surface area contributed by atoms with Crippen LogP contribution >= 0.6 is 0 Å². The molecular weight excluding hydrogens is 172 g/mol. The van der Waals surface area contributed by atoms with Crippen LogP contribution in [0.4, 0.5) is 0 Å². The fourth-order valence-electron chi connectivity index (χ4n) is 3.68. The molecule has 0 aromatic heterocycles. The highest BCUT2D eigenvalue weighted by Gasteiger charge is 2.45. The minimum atomic E-state index is 0.635. The predicted octanol–water partition coefficient (Wildman–Crippen LogP) is 1.81. The van der Waals surface area contributed by atoms with Crippen molar-refractivity contribution in [3.05, 3.63) is 0 Å². The maximum atomic E-state index is 2.52. The minimum absolute atomic E-state index is 0.635. The topological polar surface area (TPSA) is 6.48 Å². The molecule has 82 valence electrons. The van der Waals surface area contributed by atoms with E-state index >= 15 is 0 Å². The van der Waals surface area contributed by atoms with Crippen molar-refractivity contribution in [3.63, 3.8) is 0 Å². The van der Waals surface area contributed by atoms with E-state index in [1.165, 1.54) is 45.2 Å². The number of rotatable bonds is 1. The molecule has 1 heterocycles. The summed E-state index contributed by atoms with van der Waals surface area (Å²) in [7, 11) is 6.79. The molecule has 2 heteroatoms. The first-order valence-corrected chi connectivity index (χ1v) is 5.99. The molecule has 0 aromatic rings. The van der Waals surface area contributed by atoms with E-state index in [1.54, 1.807) is 0 Å². The molecule has 1 aliphatic carbocycles. The van der Waals surface area contributed by atoms with Gasteiger partial charge in [0.1, 0.15) is 0 Å². The second-order valence-electron chi connectivity index (χ2n) is 5.58. The van der Waals surface area contributed by atoms with Gasteiger partial charge in [-0.05, 0) is 52.4 Å². The van der Waals surface area contributed by atoms with Gasteiger partial charge < -0.3 is 9.80 Å². The fraction of sp³-hybridized carbons (Fsp3) is 1.00. The molecule has 1 saturated carbocycles. The molecule has 1 spiro atoms.